The number of aldehydes is 1. The number of aromatic nitrogens is 3. The monoisotopic (exact) mass is 500 g/mol. The number of carbonyl (C=O) groups is 1. The molecule has 3 aromatic rings. The molecule has 8 nitrogen and oxygen atoms in total. The normalized spacial score (nSPS) is 15.2. The number of nitrogens with zero attached hydrogens (tertiary/aromatic N) is 6. The zero-order valence-corrected chi connectivity index (χ0v) is 21.2. The summed E-state index contributed by atoms with van der Waals surface area (Å²) in [6, 6.07) is 6.56. The van der Waals surface area contributed by atoms with Gasteiger partial charge in [-0.05, 0) is 31.7 Å². The Hall–Kier alpha value is -2.66. The number of anilines is 1. The number of halogens is 1. The molecule has 1 aliphatic rings. The molecule has 0 aliphatic carbocycles. The van der Waals surface area contributed by atoms with Gasteiger partial charge in [0.25, 0.3) is 0 Å². The van der Waals surface area contributed by atoms with Crippen molar-refractivity contribution in [2.45, 2.75) is 26.1 Å². The molecule has 0 spiro atoms. The maximum atomic E-state index is 13.3. The summed E-state index contributed by atoms with van der Waals surface area (Å²) >= 11 is 1.73. The molecular weight excluding hydrogens is 467 g/mol. The lowest BCUT2D eigenvalue weighted by molar-refractivity contribution is -0.109. The Kier molecular flexibility index (Phi) is 8.97. The first kappa shape index (κ1) is 25.4. The molecule has 1 atom stereocenters. The quantitative estimate of drug-likeness (QED) is 0.354. The van der Waals surface area contributed by atoms with E-state index in [-0.39, 0.29) is 11.9 Å². The zero-order valence-electron chi connectivity index (χ0n) is 20.3. The number of imidazole rings is 1. The van der Waals surface area contributed by atoms with Crippen molar-refractivity contribution in [3.05, 3.63) is 64.9 Å². The predicted molar refractivity (Wildman–Crippen MR) is 135 cm³/mol. The van der Waals surface area contributed by atoms with Crippen molar-refractivity contribution < 1.29 is 13.9 Å². The molecule has 10 heteroatoms. The third-order valence-corrected chi connectivity index (χ3v) is 7.32. The maximum Gasteiger partial charge on any atom is 0.185 e. The second-order valence-electron chi connectivity index (χ2n) is 8.87. The number of carbonyl (C=O) groups excluding carboxylic acids is 1. The first-order valence-corrected chi connectivity index (χ1v) is 12.7. The fourth-order valence-electron chi connectivity index (χ4n) is 4.20. The third-order valence-electron chi connectivity index (χ3n) is 6.28. The number of benzene rings is 1. The van der Waals surface area contributed by atoms with E-state index in [0.717, 1.165) is 68.6 Å². The molecule has 0 saturated carbocycles. The van der Waals surface area contributed by atoms with Gasteiger partial charge in [-0.2, -0.15) is 0 Å². The van der Waals surface area contributed by atoms with E-state index in [4.69, 9.17) is 4.74 Å². The van der Waals surface area contributed by atoms with Crippen molar-refractivity contribution in [3.8, 4) is 0 Å². The molecule has 0 N–H and O–H groups in total. The molecule has 4 rings (SSSR count). The summed E-state index contributed by atoms with van der Waals surface area (Å²) in [5.74, 6) is -0.247. The molecule has 1 aromatic carbocycles. The van der Waals surface area contributed by atoms with Gasteiger partial charge in [-0.1, -0.05) is 12.1 Å². The number of likely N-dealkylation sites (N-methyl/N-ethyl adjacent to an activating group) is 1. The van der Waals surface area contributed by atoms with E-state index in [2.05, 4.69) is 43.2 Å². The van der Waals surface area contributed by atoms with Crippen LogP contribution < -0.4 is 4.90 Å². The Morgan fingerprint density at radius 3 is 2.69 bits per heavy atom. The van der Waals surface area contributed by atoms with E-state index in [1.807, 2.05) is 12.4 Å². The fraction of sp³-hybridized carbons (Fsp3) is 0.480. The van der Waals surface area contributed by atoms with Crippen molar-refractivity contribution in [1.29, 1.82) is 0 Å². The molecule has 3 heterocycles. The van der Waals surface area contributed by atoms with Gasteiger partial charge in [-0.15, -0.1) is 11.3 Å². The van der Waals surface area contributed by atoms with Crippen LogP contribution in [0.5, 0.6) is 0 Å². The summed E-state index contributed by atoms with van der Waals surface area (Å²) in [6.07, 6.45) is 6.54. The summed E-state index contributed by atoms with van der Waals surface area (Å²) in [6.45, 7) is 8.70. The van der Waals surface area contributed by atoms with Crippen molar-refractivity contribution in [1.82, 2.24) is 24.3 Å². The Balaban J connectivity index is 1.32. The Morgan fingerprint density at radius 2 is 1.94 bits per heavy atom. The summed E-state index contributed by atoms with van der Waals surface area (Å²) in [7, 11) is 2.09. The van der Waals surface area contributed by atoms with Gasteiger partial charge in [0, 0.05) is 56.5 Å². The highest BCUT2D eigenvalue weighted by Gasteiger charge is 2.17. The lowest BCUT2D eigenvalue weighted by atomic mass is 10.1. The third kappa shape index (κ3) is 6.94. The minimum absolute atomic E-state index is 0.0147. The second kappa shape index (κ2) is 12.3. The minimum Gasteiger partial charge on any atom is -0.378 e. The number of thiazole rings is 1. The summed E-state index contributed by atoms with van der Waals surface area (Å²) in [5.41, 5.74) is 2.03. The van der Waals surface area contributed by atoms with Crippen LogP contribution in [0.4, 0.5) is 9.52 Å². The Labute approximate surface area is 210 Å². The molecule has 1 unspecified atom stereocenters. The first-order valence-electron chi connectivity index (χ1n) is 11.9. The average molecular weight is 501 g/mol. The highest BCUT2D eigenvalue weighted by atomic mass is 32.1. The van der Waals surface area contributed by atoms with Crippen LogP contribution >= 0.6 is 11.3 Å². The summed E-state index contributed by atoms with van der Waals surface area (Å²) in [5, 5.41) is 1.06. The molecule has 35 heavy (non-hydrogen) atoms. The maximum absolute atomic E-state index is 13.3. The van der Waals surface area contributed by atoms with Crippen LogP contribution in [-0.4, -0.2) is 83.6 Å². The zero-order chi connectivity index (χ0) is 24.6. The lowest BCUT2D eigenvalue weighted by Gasteiger charge is -2.26. The average Bonchev–Trinajstić information content (AvgIpc) is 3.53. The standard InChI is InChI=1S/C25H33FN6O2S/c1-20(21-3-5-22(26)6-4-21)32-19-27-15-23(32)17-30(9-12-33)8-7-29(2)18-24-16-28-25(35-24)31-10-13-34-14-11-31/h3-6,12,15-16,19-20H,7-11,13-14,17-18H2,1-2H3. The summed E-state index contributed by atoms with van der Waals surface area (Å²) in [4.78, 5) is 28.2. The van der Waals surface area contributed by atoms with Crippen LogP contribution in [0, 0.1) is 5.82 Å². The van der Waals surface area contributed by atoms with Gasteiger partial charge in [0.05, 0.1) is 37.8 Å². The number of hydrogen-bond acceptors (Lipinski definition) is 8. The highest BCUT2D eigenvalue weighted by Crippen LogP contribution is 2.24. The van der Waals surface area contributed by atoms with Gasteiger partial charge < -0.3 is 19.0 Å². The smallest absolute Gasteiger partial charge is 0.185 e. The van der Waals surface area contributed by atoms with E-state index in [1.165, 1.54) is 17.0 Å². The molecule has 1 fully saturated rings. The van der Waals surface area contributed by atoms with Crippen LogP contribution in [0.25, 0.3) is 0 Å². The first-order chi connectivity index (χ1) is 17.0. The van der Waals surface area contributed by atoms with E-state index in [0.29, 0.717) is 13.1 Å². The minimum atomic E-state index is -0.247. The SMILES string of the molecule is CC(c1ccc(F)cc1)n1cncc1CN(CC=O)CCN(C)Cc1cnc(N2CCOCC2)s1. The van der Waals surface area contributed by atoms with E-state index < -0.39 is 0 Å². The highest BCUT2D eigenvalue weighted by molar-refractivity contribution is 7.15. The van der Waals surface area contributed by atoms with Gasteiger partial charge in [-0.3, -0.25) is 9.80 Å². The molecule has 188 valence electrons. The second-order valence-corrected chi connectivity index (χ2v) is 9.96. The number of hydrogen-bond donors (Lipinski definition) is 0. The van der Waals surface area contributed by atoms with E-state index in [1.54, 1.807) is 29.8 Å². The van der Waals surface area contributed by atoms with Crippen molar-refractivity contribution in [3.63, 3.8) is 0 Å². The molecule has 0 amide bonds. The Bertz CT molecular complexity index is 1070. The lowest BCUT2D eigenvalue weighted by Crippen LogP contribution is -2.36. The van der Waals surface area contributed by atoms with Gasteiger partial charge >= 0.3 is 0 Å². The van der Waals surface area contributed by atoms with Crippen LogP contribution in [0.3, 0.4) is 0 Å². The van der Waals surface area contributed by atoms with Crippen LogP contribution in [0.15, 0.2) is 43.0 Å². The van der Waals surface area contributed by atoms with Gasteiger partial charge in [0.2, 0.25) is 0 Å². The van der Waals surface area contributed by atoms with E-state index >= 15 is 0 Å². The van der Waals surface area contributed by atoms with Crippen molar-refractivity contribution in [2.75, 3.05) is 57.9 Å². The largest absolute Gasteiger partial charge is 0.378 e. The van der Waals surface area contributed by atoms with Crippen molar-refractivity contribution in [2.24, 2.45) is 0 Å². The van der Waals surface area contributed by atoms with Crippen LogP contribution in [-0.2, 0) is 22.6 Å². The van der Waals surface area contributed by atoms with E-state index in [9.17, 15) is 9.18 Å². The fourth-order valence-corrected chi connectivity index (χ4v) is 5.24. The predicted octanol–water partition coefficient (Wildman–Crippen LogP) is 3.06. The van der Waals surface area contributed by atoms with Gasteiger partial charge in [-0.25, -0.2) is 14.4 Å². The molecule has 0 radical (unpaired) electrons. The van der Waals surface area contributed by atoms with Gasteiger partial charge in [0.15, 0.2) is 5.13 Å². The molecule has 2 aromatic heterocycles. The molecule has 0 bridgehead atoms. The number of rotatable bonds is 12. The molecular formula is C25H33FN6O2S. The van der Waals surface area contributed by atoms with Crippen LogP contribution in [0.2, 0.25) is 0 Å². The topological polar surface area (TPSA) is 66.7 Å². The van der Waals surface area contributed by atoms with Gasteiger partial charge in [0.1, 0.15) is 12.1 Å². The number of morpholine rings is 1. The number of ether oxygens (including phenoxy) is 1. The Morgan fingerprint density at radius 1 is 1.17 bits per heavy atom. The summed E-state index contributed by atoms with van der Waals surface area (Å²) < 4.78 is 20.8. The van der Waals surface area contributed by atoms with Crippen molar-refractivity contribution >= 4 is 22.8 Å². The molecule has 1 aliphatic heterocycles. The van der Waals surface area contributed by atoms with Crippen LogP contribution in [0.1, 0.15) is 29.1 Å². The molecule has 1 saturated heterocycles.